The van der Waals surface area contributed by atoms with Crippen LogP contribution in [0.15, 0.2) is 17.1 Å². The first-order chi connectivity index (χ1) is 9.78. The fraction of sp³-hybridized carbons (Fsp3) is 0.733. The molecule has 2 aliphatic rings. The van der Waals surface area contributed by atoms with E-state index in [0.717, 1.165) is 31.2 Å². The van der Waals surface area contributed by atoms with E-state index in [4.69, 9.17) is 0 Å². The smallest absolute Gasteiger partial charge is 0.268 e. The van der Waals surface area contributed by atoms with Crippen molar-refractivity contribution in [3.63, 3.8) is 0 Å². The minimum absolute atomic E-state index is 0.0259. The Morgan fingerprint density at radius 1 is 1.40 bits per heavy atom. The molecule has 0 radical (unpaired) electrons. The lowest BCUT2D eigenvalue weighted by molar-refractivity contribution is 0.387. The van der Waals surface area contributed by atoms with Gasteiger partial charge >= 0.3 is 0 Å². The van der Waals surface area contributed by atoms with Crippen molar-refractivity contribution < 1.29 is 0 Å². The molecule has 1 aliphatic carbocycles. The van der Waals surface area contributed by atoms with Gasteiger partial charge in [-0.3, -0.25) is 4.79 Å². The third kappa shape index (κ3) is 3.03. The highest BCUT2D eigenvalue weighted by Gasteiger charge is 2.31. The van der Waals surface area contributed by atoms with Crippen LogP contribution in [0.5, 0.6) is 0 Å². The predicted molar refractivity (Wildman–Crippen MR) is 80.1 cm³/mol. The maximum atomic E-state index is 12.2. The number of likely N-dealkylation sites (N-methyl/N-ethyl adjacent to an activating group) is 1. The lowest BCUT2D eigenvalue weighted by atomic mass is 10.2. The molecule has 1 aromatic rings. The Labute approximate surface area is 120 Å². The summed E-state index contributed by atoms with van der Waals surface area (Å²) in [7, 11) is 0. The number of nitrogens with zero attached hydrogens (tertiary/aromatic N) is 3. The number of anilines is 1. The highest BCUT2D eigenvalue weighted by atomic mass is 16.1. The van der Waals surface area contributed by atoms with Crippen LogP contribution in [0.4, 0.5) is 5.69 Å². The highest BCUT2D eigenvalue weighted by molar-refractivity contribution is 5.43. The summed E-state index contributed by atoms with van der Waals surface area (Å²) in [5.74, 6) is 0.724. The van der Waals surface area contributed by atoms with Gasteiger partial charge < -0.3 is 10.2 Å². The summed E-state index contributed by atoms with van der Waals surface area (Å²) in [5.41, 5.74) is 1.01. The predicted octanol–water partition coefficient (Wildman–Crippen LogP) is 1.23. The van der Waals surface area contributed by atoms with Gasteiger partial charge in [0.15, 0.2) is 0 Å². The Bertz CT molecular complexity index is 503. The van der Waals surface area contributed by atoms with Gasteiger partial charge in [-0.15, -0.1) is 0 Å². The van der Waals surface area contributed by atoms with Crippen molar-refractivity contribution in [3.05, 3.63) is 22.6 Å². The molecule has 5 nitrogen and oxygen atoms in total. The molecule has 1 aromatic heterocycles. The molecular weight excluding hydrogens is 252 g/mol. The monoisotopic (exact) mass is 276 g/mol. The second-order valence-electron chi connectivity index (χ2n) is 5.93. The summed E-state index contributed by atoms with van der Waals surface area (Å²) in [6.07, 6.45) is 6.83. The fourth-order valence-electron chi connectivity index (χ4n) is 3.04. The third-order valence-electron chi connectivity index (χ3n) is 4.35. The van der Waals surface area contributed by atoms with E-state index in [1.807, 2.05) is 6.20 Å². The van der Waals surface area contributed by atoms with E-state index in [2.05, 4.69) is 22.2 Å². The zero-order chi connectivity index (χ0) is 13.9. The van der Waals surface area contributed by atoms with Crippen LogP contribution in [0.25, 0.3) is 0 Å². The second kappa shape index (κ2) is 5.95. The van der Waals surface area contributed by atoms with E-state index in [-0.39, 0.29) is 5.56 Å². The molecule has 2 fully saturated rings. The van der Waals surface area contributed by atoms with Crippen molar-refractivity contribution in [1.29, 1.82) is 0 Å². The number of rotatable bonds is 6. The highest BCUT2D eigenvalue weighted by Crippen LogP contribution is 2.33. The van der Waals surface area contributed by atoms with Crippen molar-refractivity contribution in [2.45, 2.75) is 45.2 Å². The molecule has 1 saturated carbocycles. The Kier molecular flexibility index (Phi) is 4.05. The van der Waals surface area contributed by atoms with Gasteiger partial charge in [-0.2, -0.15) is 5.10 Å². The van der Waals surface area contributed by atoms with Crippen molar-refractivity contribution >= 4 is 5.69 Å². The summed E-state index contributed by atoms with van der Waals surface area (Å²) in [6.45, 7) is 5.85. The first-order valence-electron chi connectivity index (χ1n) is 7.83. The summed E-state index contributed by atoms with van der Waals surface area (Å²) >= 11 is 0. The average Bonchev–Trinajstić information content (AvgIpc) is 3.15. The second-order valence-corrected chi connectivity index (χ2v) is 5.93. The molecule has 1 atom stereocenters. The molecule has 110 valence electrons. The van der Waals surface area contributed by atoms with Crippen LogP contribution >= 0.6 is 0 Å². The van der Waals surface area contributed by atoms with Crippen molar-refractivity contribution in [1.82, 2.24) is 15.1 Å². The van der Waals surface area contributed by atoms with Crippen molar-refractivity contribution in [2.24, 2.45) is 5.92 Å². The van der Waals surface area contributed by atoms with E-state index < -0.39 is 0 Å². The maximum Gasteiger partial charge on any atom is 0.268 e. The summed E-state index contributed by atoms with van der Waals surface area (Å²) < 4.78 is 1.62. The molecule has 20 heavy (non-hydrogen) atoms. The molecule has 2 heterocycles. The van der Waals surface area contributed by atoms with Crippen LogP contribution in [-0.4, -0.2) is 35.5 Å². The van der Waals surface area contributed by atoms with Gasteiger partial charge in [-0.25, -0.2) is 4.68 Å². The molecule has 5 heteroatoms. The minimum atomic E-state index is 0.0259. The molecule has 3 rings (SSSR count). The average molecular weight is 276 g/mol. The van der Waals surface area contributed by atoms with Crippen LogP contribution in [0, 0.1) is 5.92 Å². The van der Waals surface area contributed by atoms with Gasteiger partial charge in [0.1, 0.15) is 0 Å². The van der Waals surface area contributed by atoms with E-state index >= 15 is 0 Å². The third-order valence-corrected chi connectivity index (χ3v) is 4.35. The molecule has 1 unspecified atom stereocenters. The fourth-order valence-corrected chi connectivity index (χ4v) is 3.04. The molecule has 1 saturated heterocycles. The Hall–Kier alpha value is -1.36. The van der Waals surface area contributed by atoms with Gasteiger partial charge in [-0.05, 0) is 38.1 Å². The van der Waals surface area contributed by atoms with Gasteiger partial charge in [0.05, 0.1) is 18.4 Å². The zero-order valence-corrected chi connectivity index (χ0v) is 12.2. The molecule has 0 aromatic carbocycles. The number of hydrogen-bond donors (Lipinski definition) is 1. The van der Waals surface area contributed by atoms with Gasteiger partial charge in [-0.1, -0.05) is 6.92 Å². The number of aromatic nitrogens is 2. The van der Waals surface area contributed by atoms with Crippen LogP contribution in [0.2, 0.25) is 0 Å². The summed E-state index contributed by atoms with van der Waals surface area (Å²) in [6, 6.07) is 2.14. The molecule has 1 N–H and O–H groups in total. The molecule has 1 aliphatic heterocycles. The van der Waals surface area contributed by atoms with E-state index in [1.165, 1.54) is 25.7 Å². The molecular formula is C15H24N4O. The summed E-state index contributed by atoms with van der Waals surface area (Å²) in [5, 5.41) is 7.86. The lowest BCUT2D eigenvalue weighted by Crippen LogP contribution is -2.39. The maximum absolute atomic E-state index is 12.2. The Morgan fingerprint density at radius 3 is 2.75 bits per heavy atom. The number of hydrogen-bond acceptors (Lipinski definition) is 4. The van der Waals surface area contributed by atoms with Gasteiger partial charge in [0.2, 0.25) is 0 Å². The Morgan fingerprint density at radius 2 is 2.15 bits per heavy atom. The molecule has 0 amide bonds. The molecule has 0 bridgehead atoms. The van der Waals surface area contributed by atoms with E-state index in [1.54, 1.807) is 10.7 Å². The number of nitrogens with one attached hydrogen (secondary N) is 1. The standard InChI is InChI=1S/C15H24N4O/c1-2-16-14(12-5-6-12)11-19-15(20)9-13(10-17-19)18-7-3-4-8-18/h9-10,12,14,16H,2-8,11H2,1H3. The van der Waals surface area contributed by atoms with Crippen LogP contribution in [0.3, 0.4) is 0 Å². The van der Waals surface area contributed by atoms with E-state index in [9.17, 15) is 4.79 Å². The summed E-state index contributed by atoms with van der Waals surface area (Å²) in [4.78, 5) is 14.5. The van der Waals surface area contributed by atoms with Crippen molar-refractivity contribution in [3.8, 4) is 0 Å². The SMILES string of the molecule is CCNC(Cn1ncc(N2CCCC2)cc1=O)C1CC1. The van der Waals surface area contributed by atoms with Crippen molar-refractivity contribution in [2.75, 3.05) is 24.5 Å². The zero-order valence-electron chi connectivity index (χ0n) is 12.2. The molecule has 0 spiro atoms. The van der Waals surface area contributed by atoms with E-state index in [0.29, 0.717) is 12.6 Å². The quantitative estimate of drug-likeness (QED) is 0.849. The minimum Gasteiger partial charge on any atom is -0.370 e. The van der Waals surface area contributed by atoms with Gasteiger partial charge in [0.25, 0.3) is 5.56 Å². The van der Waals surface area contributed by atoms with Crippen LogP contribution in [-0.2, 0) is 6.54 Å². The lowest BCUT2D eigenvalue weighted by Gasteiger charge is -2.20. The van der Waals surface area contributed by atoms with Crippen LogP contribution < -0.4 is 15.8 Å². The van der Waals surface area contributed by atoms with Gasteiger partial charge in [0, 0.05) is 25.2 Å². The first-order valence-corrected chi connectivity index (χ1v) is 7.83. The normalized spacial score (nSPS) is 20.4. The topological polar surface area (TPSA) is 50.2 Å². The largest absolute Gasteiger partial charge is 0.370 e. The first kappa shape index (κ1) is 13.6. The Balaban J connectivity index is 1.71. The van der Waals surface area contributed by atoms with Crippen LogP contribution in [0.1, 0.15) is 32.6 Å².